The van der Waals surface area contributed by atoms with Crippen LogP contribution in [0.4, 0.5) is 5.13 Å². The van der Waals surface area contributed by atoms with Gasteiger partial charge in [0.05, 0.1) is 12.2 Å². The number of likely N-dealkylation sites (tertiary alicyclic amines) is 2. The molecule has 1 N–H and O–H groups in total. The highest BCUT2D eigenvalue weighted by Crippen LogP contribution is 2.21. The van der Waals surface area contributed by atoms with Gasteiger partial charge in [-0.3, -0.25) is 9.89 Å². The van der Waals surface area contributed by atoms with Crippen LogP contribution < -0.4 is 10.2 Å². The zero-order chi connectivity index (χ0) is 16.2. The molecular formula is C16H28N6S. The van der Waals surface area contributed by atoms with Gasteiger partial charge >= 0.3 is 0 Å². The number of hydrogen-bond donors (Lipinski definition) is 1. The lowest BCUT2D eigenvalue weighted by Crippen LogP contribution is -2.42. The number of hydrogen-bond acceptors (Lipinski definition) is 5. The van der Waals surface area contributed by atoms with Gasteiger partial charge < -0.3 is 15.1 Å². The summed E-state index contributed by atoms with van der Waals surface area (Å²) in [7, 11) is 5.92. The van der Waals surface area contributed by atoms with E-state index in [1.165, 1.54) is 32.4 Å². The van der Waals surface area contributed by atoms with Crippen molar-refractivity contribution in [3.05, 3.63) is 11.1 Å². The average molecular weight is 337 g/mol. The quantitative estimate of drug-likeness (QED) is 0.666. The van der Waals surface area contributed by atoms with Crippen molar-refractivity contribution in [2.24, 2.45) is 4.99 Å². The van der Waals surface area contributed by atoms with Crippen LogP contribution in [0.2, 0.25) is 0 Å². The molecule has 0 spiro atoms. The maximum absolute atomic E-state index is 4.62. The van der Waals surface area contributed by atoms with E-state index in [9.17, 15) is 0 Å². The van der Waals surface area contributed by atoms with E-state index in [-0.39, 0.29) is 0 Å². The van der Waals surface area contributed by atoms with Crippen LogP contribution in [0, 0.1) is 0 Å². The van der Waals surface area contributed by atoms with Crippen LogP contribution in [-0.2, 0) is 6.54 Å². The van der Waals surface area contributed by atoms with Gasteiger partial charge in [0.25, 0.3) is 0 Å². The molecule has 0 bridgehead atoms. The van der Waals surface area contributed by atoms with Crippen LogP contribution in [0.5, 0.6) is 0 Å². The van der Waals surface area contributed by atoms with Gasteiger partial charge in [-0.15, -0.1) is 11.3 Å². The molecule has 1 unspecified atom stereocenters. The average Bonchev–Trinajstić information content (AvgIpc) is 3.29. The molecule has 0 radical (unpaired) electrons. The second-order valence-electron chi connectivity index (χ2n) is 6.55. The maximum atomic E-state index is 4.62. The number of guanidine groups is 1. The molecule has 1 aromatic heterocycles. The third-order valence-electron chi connectivity index (χ3n) is 4.68. The predicted molar refractivity (Wildman–Crippen MR) is 97.4 cm³/mol. The van der Waals surface area contributed by atoms with Crippen LogP contribution in [0.3, 0.4) is 0 Å². The first kappa shape index (κ1) is 16.5. The van der Waals surface area contributed by atoms with E-state index in [2.05, 4.69) is 30.5 Å². The molecule has 3 heterocycles. The minimum Gasteiger partial charge on any atom is -0.354 e. The lowest BCUT2D eigenvalue weighted by atomic mass is 10.2. The molecule has 1 aromatic rings. The van der Waals surface area contributed by atoms with Crippen LogP contribution in [0.1, 0.15) is 25.0 Å². The van der Waals surface area contributed by atoms with Crippen molar-refractivity contribution < 1.29 is 0 Å². The Bertz CT molecular complexity index is 534. The van der Waals surface area contributed by atoms with Gasteiger partial charge in [-0.05, 0) is 32.4 Å². The topological polar surface area (TPSA) is 47.0 Å². The van der Waals surface area contributed by atoms with Crippen LogP contribution in [-0.4, -0.2) is 74.1 Å². The van der Waals surface area contributed by atoms with Crippen molar-refractivity contribution in [1.82, 2.24) is 20.1 Å². The molecule has 0 aromatic carbocycles. The molecule has 2 fully saturated rings. The fourth-order valence-corrected chi connectivity index (χ4v) is 4.18. The van der Waals surface area contributed by atoms with Gasteiger partial charge in [-0.2, -0.15) is 0 Å². The minimum absolute atomic E-state index is 0.704. The van der Waals surface area contributed by atoms with E-state index in [4.69, 9.17) is 0 Å². The third-order valence-corrected chi connectivity index (χ3v) is 5.74. The molecule has 3 rings (SSSR count). The first-order valence-electron chi connectivity index (χ1n) is 8.48. The van der Waals surface area contributed by atoms with Crippen LogP contribution in [0.15, 0.2) is 10.4 Å². The van der Waals surface area contributed by atoms with Gasteiger partial charge in [-0.1, -0.05) is 0 Å². The fraction of sp³-hybridized carbons (Fsp3) is 0.750. The Morgan fingerprint density at radius 1 is 1.39 bits per heavy atom. The molecule has 0 amide bonds. The second-order valence-corrected chi connectivity index (χ2v) is 7.38. The molecule has 2 saturated heterocycles. The molecule has 23 heavy (non-hydrogen) atoms. The normalized spacial score (nSPS) is 22.8. The lowest BCUT2D eigenvalue weighted by Gasteiger charge is -2.25. The Labute approximate surface area is 143 Å². The smallest absolute Gasteiger partial charge is 0.194 e. The first-order chi connectivity index (χ1) is 11.2. The maximum Gasteiger partial charge on any atom is 0.194 e. The molecule has 6 nitrogen and oxygen atoms in total. The summed E-state index contributed by atoms with van der Waals surface area (Å²) in [6.45, 7) is 5.48. The Morgan fingerprint density at radius 3 is 2.83 bits per heavy atom. The first-order valence-corrected chi connectivity index (χ1v) is 9.36. The van der Waals surface area contributed by atoms with Gasteiger partial charge in [0.15, 0.2) is 11.1 Å². The molecule has 7 heteroatoms. The summed E-state index contributed by atoms with van der Waals surface area (Å²) in [5.74, 6) is 1.01. The van der Waals surface area contributed by atoms with Crippen molar-refractivity contribution in [2.75, 3.05) is 52.2 Å². The van der Waals surface area contributed by atoms with Crippen molar-refractivity contribution in [3.63, 3.8) is 0 Å². The SMILES string of the molecule is CN=C(NCc1csc(N(C)C)n1)N1CCC(N2CCCC2)C1. The van der Waals surface area contributed by atoms with E-state index in [0.29, 0.717) is 6.04 Å². The number of rotatable bonds is 4. The van der Waals surface area contributed by atoms with Crippen molar-refractivity contribution in [1.29, 1.82) is 0 Å². The Morgan fingerprint density at radius 2 is 2.17 bits per heavy atom. The van der Waals surface area contributed by atoms with Crippen LogP contribution >= 0.6 is 11.3 Å². The molecular weight excluding hydrogens is 308 g/mol. The van der Waals surface area contributed by atoms with Gasteiger partial charge in [-0.25, -0.2) is 4.98 Å². The van der Waals surface area contributed by atoms with Crippen molar-refractivity contribution in [2.45, 2.75) is 31.8 Å². The zero-order valence-electron chi connectivity index (χ0n) is 14.5. The molecule has 0 aliphatic carbocycles. The largest absolute Gasteiger partial charge is 0.354 e. The second kappa shape index (κ2) is 7.49. The molecule has 2 aliphatic heterocycles. The van der Waals surface area contributed by atoms with E-state index >= 15 is 0 Å². The molecule has 2 aliphatic rings. The Kier molecular flexibility index (Phi) is 5.38. The fourth-order valence-electron chi connectivity index (χ4n) is 3.42. The van der Waals surface area contributed by atoms with Crippen molar-refractivity contribution >= 4 is 22.4 Å². The van der Waals surface area contributed by atoms with E-state index in [1.54, 1.807) is 11.3 Å². The predicted octanol–water partition coefficient (Wildman–Crippen LogP) is 1.45. The standard InChI is InChI=1S/C16H28N6S/c1-17-15(18-10-13-12-23-16(19-13)20(2)3)22-9-6-14(11-22)21-7-4-5-8-21/h12,14H,4-11H2,1-3H3,(H,17,18). The number of thiazole rings is 1. The summed E-state index contributed by atoms with van der Waals surface area (Å²) in [5.41, 5.74) is 1.08. The summed E-state index contributed by atoms with van der Waals surface area (Å²) in [6, 6.07) is 0.704. The zero-order valence-corrected chi connectivity index (χ0v) is 15.3. The minimum atomic E-state index is 0.704. The molecule has 1 atom stereocenters. The Hall–Kier alpha value is -1.34. The number of aromatic nitrogens is 1. The highest BCUT2D eigenvalue weighted by atomic mass is 32.1. The van der Waals surface area contributed by atoms with Crippen molar-refractivity contribution in [3.8, 4) is 0 Å². The molecule has 128 valence electrons. The van der Waals surface area contributed by atoms with Gasteiger partial charge in [0.2, 0.25) is 0 Å². The van der Waals surface area contributed by atoms with Gasteiger partial charge in [0, 0.05) is 45.7 Å². The van der Waals surface area contributed by atoms with E-state index < -0.39 is 0 Å². The monoisotopic (exact) mass is 336 g/mol. The summed E-state index contributed by atoms with van der Waals surface area (Å²) < 4.78 is 0. The third kappa shape index (κ3) is 3.95. The van der Waals surface area contributed by atoms with E-state index in [1.807, 2.05) is 26.0 Å². The lowest BCUT2D eigenvalue weighted by molar-refractivity contribution is 0.249. The van der Waals surface area contributed by atoms with Gasteiger partial charge in [0.1, 0.15) is 0 Å². The highest BCUT2D eigenvalue weighted by Gasteiger charge is 2.30. The molecule has 0 saturated carbocycles. The summed E-state index contributed by atoms with van der Waals surface area (Å²) in [4.78, 5) is 16.2. The summed E-state index contributed by atoms with van der Waals surface area (Å²) in [5, 5.41) is 6.64. The summed E-state index contributed by atoms with van der Waals surface area (Å²) >= 11 is 1.68. The van der Waals surface area contributed by atoms with Crippen LogP contribution in [0.25, 0.3) is 0 Å². The van der Waals surface area contributed by atoms with E-state index in [0.717, 1.165) is 36.4 Å². The highest BCUT2D eigenvalue weighted by molar-refractivity contribution is 7.13. The number of nitrogens with one attached hydrogen (secondary N) is 1. The number of aliphatic imine (C=N–C) groups is 1. The summed E-state index contributed by atoms with van der Waals surface area (Å²) in [6.07, 6.45) is 3.98. The Balaban J connectivity index is 1.51. The number of anilines is 1. The number of nitrogens with zero attached hydrogens (tertiary/aromatic N) is 5.